The normalized spacial score (nSPS) is 13.7. The number of nitrogens with zero attached hydrogens (tertiary/aromatic N) is 3. The maximum Gasteiger partial charge on any atom is 0.247 e. The molecule has 2 N–H and O–H groups in total. The predicted molar refractivity (Wildman–Crippen MR) is 142 cm³/mol. The number of aromatic nitrogens is 2. The topological polar surface area (TPSA) is 88.6 Å². The summed E-state index contributed by atoms with van der Waals surface area (Å²) in [4.78, 5) is 22.7. The second-order valence-corrected chi connectivity index (χ2v) is 11.4. The Hall–Kier alpha value is -3.56. The summed E-state index contributed by atoms with van der Waals surface area (Å²) < 4.78 is 11.5. The minimum Gasteiger partial charge on any atom is -0.494 e. The van der Waals surface area contributed by atoms with Gasteiger partial charge in [-0.2, -0.15) is 4.98 Å². The van der Waals surface area contributed by atoms with Gasteiger partial charge < -0.3 is 25.0 Å². The molecule has 0 atom stereocenters. The van der Waals surface area contributed by atoms with Gasteiger partial charge in [-0.1, -0.05) is 30.8 Å². The Morgan fingerprint density at radius 3 is 2.77 bits per heavy atom. The van der Waals surface area contributed by atoms with Gasteiger partial charge >= 0.3 is 0 Å². The number of halogens is 1. The number of hydrogen-bond acceptors (Lipinski definition) is 7. The van der Waals surface area contributed by atoms with Crippen LogP contribution in [0.4, 0.5) is 23.0 Å². The molecule has 0 bridgehead atoms. The van der Waals surface area contributed by atoms with Gasteiger partial charge in [0.15, 0.2) is 0 Å². The highest BCUT2D eigenvalue weighted by Crippen LogP contribution is 2.34. The highest BCUT2D eigenvalue weighted by Gasteiger charge is 2.19. The third kappa shape index (κ3) is 6.31. The summed E-state index contributed by atoms with van der Waals surface area (Å²) in [5, 5.41) is 6.13. The highest BCUT2D eigenvalue weighted by molar-refractivity contribution is 6.57. The molecule has 0 saturated carbocycles. The number of nitrogens with one attached hydrogen (secondary N) is 2. The summed E-state index contributed by atoms with van der Waals surface area (Å²) >= 11 is 6.28. The van der Waals surface area contributed by atoms with E-state index in [0.717, 1.165) is 24.5 Å². The van der Waals surface area contributed by atoms with Crippen LogP contribution in [0.5, 0.6) is 17.4 Å². The average Bonchev–Trinajstić information content (AvgIpc) is 2.87. The number of anilines is 4. The van der Waals surface area contributed by atoms with Gasteiger partial charge in [-0.25, -0.2) is 4.98 Å². The highest BCUT2D eigenvalue weighted by atomic mass is 35.5. The van der Waals surface area contributed by atoms with E-state index < -0.39 is 0 Å². The lowest BCUT2D eigenvalue weighted by Gasteiger charge is -2.31. The second kappa shape index (κ2) is 11.2. The summed E-state index contributed by atoms with van der Waals surface area (Å²) in [5.74, 6) is 1.32. The third-order valence-corrected chi connectivity index (χ3v) is 8.04. The Morgan fingerprint density at radius 2 is 2.03 bits per heavy atom. The second-order valence-electron chi connectivity index (χ2n) is 8.12. The van der Waals surface area contributed by atoms with Crippen LogP contribution < -0.4 is 25.0 Å². The van der Waals surface area contributed by atoms with Crippen LogP contribution in [-0.4, -0.2) is 44.9 Å². The molecular weight excluding hydrogens is 482 g/mol. The maximum absolute atomic E-state index is 11.6. The first-order valence-electron chi connectivity index (χ1n) is 11.2. The molecule has 2 aromatic carbocycles. The zero-order valence-electron chi connectivity index (χ0n) is 19.7. The molecule has 0 aliphatic carbocycles. The molecule has 4 rings (SSSR count). The van der Waals surface area contributed by atoms with Crippen LogP contribution >= 0.6 is 11.6 Å². The molecule has 2 heterocycles. The number of methoxy groups -OCH3 is 1. The number of carbonyl (C=O) groups excluding carboxylic acids is 1. The average molecular weight is 509 g/mol. The molecule has 0 unspecified atom stereocenters. The van der Waals surface area contributed by atoms with Crippen LogP contribution in [0.3, 0.4) is 0 Å². The summed E-state index contributed by atoms with van der Waals surface area (Å²) in [5.41, 5.74) is 2.44. The van der Waals surface area contributed by atoms with Crippen molar-refractivity contribution in [2.75, 3.05) is 35.7 Å². The van der Waals surface area contributed by atoms with Gasteiger partial charge in [0.1, 0.15) is 16.5 Å². The lowest BCUT2D eigenvalue weighted by Crippen LogP contribution is -2.35. The zero-order valence-corrected chi connectivity index (χ0v) is 21.4. The first kappa shape index (κ1) is 24.6. The van der Waals surface area contributed by atoms with Crippen molar-refractivity contribution in [1.82, 2.24) is 9.97 Å². The van der Waals surface area contributed by atoms with Crippen molar-refractivity contribution in [3.05, 3.63) is 66.3 Å². The van der Waals surface area contributed by atoms with Gasteiger partial charge in [0.25, 0.3) is 0 Å². The minimum atomic E-state index is -0.315. The first-order valence-corrected chi connectivity index (χ1v) is 14.0. The maximum atomic E-state index is 11.6. The molecular formula is C25H27ClN5O3Si. The van der Waals surface area contributed by atoms with Crippen molar-refractivity contribution < 1.29 is 14.3 Å². The summed E-state index contributed by atoms with van der Waals surface area (Å²) in [6, 6.07) is 15.5. The van der Waals surface area contributed by atoms with Gasteiger partial charge in [-0.15, -0.1) is 0 Å². The molecule has 35 heavy (non-hydrogen) atoms. The Kier molecular flexibility index (Phi) is 7.89. The Bertz CT molecular complexity index is 1220. The molecule has 8 nitrogen and oxygen atoms in total. The number of carbonyl (C=O) groups is 1. The van der Waals surface area contributed by atoms with Crippen molar-refractivity contribution in [1.29, 1.82) is 0 Å². The molecule has 1 aliphatic rings. The largest absolute Gasteiger partial charge is 0.494 e. The molecule has 1 fully saturated rings. The van der Waals surface area contributed by atoms with Crippen molar-refractivity contribution in [3.63, 3.8) is 0 Å². The molecule has 0 spiro atoms. The summed E-state index contributed by atoms with van der Waals surface area (Å²) in [6.45, 7) is 8.02. The third-order valence-electron chi connectivity index (χ3n) is 5.63. The van der Waals surface area contributed by atoms with Gasteiger partial charge in [-0.05, 0) is 42.4 Å². The van der Waals surface area contributed by atoms with E-state index in [1.807, 2.05) is 12.1 Å². The predicted octanol–water partition coefficient (Wildman–Crippen LogP) is 5.74. The number of hydrogen-bond donors (Lipinski definition) is 2. The minimum absolute atomic E-state index is 0.178. The van der Waals surface area contributed by atoms with E-state index in [-0.39, 0.29) is 25.6 Å². The molecule has 3 aromatic rings. The molecule has 10 heteroatoms. The van der Waals surface area contributed by atoms with Gasteiger partial charge in [0, 0.05) is 45.4 Å². The summed E-state index contributed by atoms with van der Waals surface area (Å²) in [6.07, 6.45) is 2.66. The van der Waals surface area contributed by atoms with Crippen molar-refractivity contribution in [3.8, 4) is 17.4 Å². The van der Waals surface area contributed by atoms with E-state index in [4.69, 9.17) is 21.1 Å². The van der Waals surface area contributed by atoms with Crippen LogP contribution in [-0.2, 0) is 4.79 Å². The van der Waals surface area contributed by atoms with Crippen molar-refractivity contribution >= 4 is 49.3 Å². The van der Waals surface area contributed by atoms with Crippen LogP contribution in [0, 0.1) is 0 Å². The number of benzene rings is 2. The number of rotatable bonds is 8. The fraction of sp³-hybridized carbons (Fsp3) is 0.240. The van der Waals surface area contributed by atoms with Crippen LogP contribution in [0.15, 0.2) is 61.3 Å². The van der Waals surface area contributed by atoms with E-state index in [0.29, 0.717) is 23.1 Å². The molecule has 1 amide bonds. The molecule has 181 valence electrons. The standard InChI is InChI=1S/C25H27ClN5O3Si/c1-4-23(32)28-17-6-5-7-19(14-17)34-24-20(26)16-27-25(30-24)29-21-9-8-18(15-22(21)33-2)31-10-12-35(3)13-11-31/h4-9,14-16H,1,10-13H2,2-3H3,(H,28,32)(H,27,29,30). The first-order chi connectivity index (χ1) is 16.9. The SMILES string of the molecule is C=CC(=O)Nc1cccc(Oc2nc(Nc3ccc(N4CC[Si](C)CC4)cc3OC)ncc2Cl)c1. The van der Waals surface area contributed by atoms with Crippen molar-refractivity contribution in [2.45, 2.75) is 18.6 Å². The smallest absolute Gasteiger partial charge is 0.247 e. The lowest BCUT2D eigenvalue weighted by molar-refractivity contribution is -0.111. The number of amides is 1. The van der Waals surface area contributed by atoms with Crippen LogP contribution in [0.25, 0.3) is 0 Å². The monoisotopic (exact) mass is 508 g/mol. The molecule has 1 aromatic heterocycles. The van der Waals surface area contributed by atoms with E-state index in [9.17, 15) is 4.79 Å². The van der Waals surface area contributed by atoms with E-state index in [1.54, 1.807) is 31.4 Å². The Morgan fingerprint density at radius 1 is 1.23 bits per heavy atom. The molecule has 1 aliphatic heterocycles. The van der Waals surface area contributed by atoms with Gasteiger partial charge in [0.2, 0.25) is 17.7 Å². The van der Waals surface area contributed by atoms with Gasteiger partial charge in [-0.3, -0.25) is 4.79 Å². The summed E-state index contributed by atoms with van der Waals surface area (Å²) in [7, 11) is 1.46. The fourth-order valence-corrected chi connectivity index (χ4v) is 5.36. The number of ether oxygens (including phenoxy) is 2. The molecule has 1 radical (unpaired) electrons. The fourth-order valence-electron chi connectivity index (χ4n) is 3.67. The van der Waals surface area contributed by atoms with Gasteiger partial charge in [0.05, 0.1) is 19.0 Å². The Labute approximate surface area is 211 Å². The Balaban J connectivity index is 1.50. The lowest BCUT2D eigenvalue weighted by atomic mass is 10.2. The molecule has 1 saturated heterocycles. The van der Waals surface area contributed by atoms with Crippen molar-refractivity contribution in [2.24, 2.45) is 0 Å². The van der Waals surface area contributed by atoms with Crippen LogP contribution in [0.2, 0.25) is 23.7 Å². The zero-order chi connectivity index (χ0) is 24.8. The van der Waals surface area contributed by atoms with E-state index >= 15 is 0 Å². The quantitative estimate of drug-likeness (QED) is 0.296. The van der Waals surface area contributed by atoms with Crippen LogP contribution in [0.1, 0.15) is 0 Å². The van der Waals surface area contributed by atoms with E-state index in [2.05, 4.69) is 44.7 Å². The van der Waals surface area contributed by atoms with E-state index in [1.165, 1.54) is 24.4 Å².